The molecular weight excluding hydrogens is 322 g/mol. The Morgan fingerprint density at radius 1 is 1.16 bits per heavy atom. The number of fused-ring (bicyclic) bond motifs is 1. The van der Waals surface area contributed by atoms with Gasteiger partial charge in [0.25, 0.3) is 0 Å². The Morgan fingerprint density at radius 3 is 2.64 bits per heavy atom. The molecule has 0 saturated heterocycles. The molecule has 6 nitrogen and oxygen atoms in total. The van der Waals surface area contributed by atoms with Gasteiger partial charge >= 0.3 is 0 Å². The molecule has 0 bridgehead atoms. The van der Waals surface area contributed by atoms with Crippen LogP contribution in [0.2, 0.25) is 0 Å². The van der Waals surface area contributed by atoms with E-state index in [4.69, 9.17) is 13.9 Å². The van der Waals surface area contributed by atoms with Crippen LogP contribution in [0.25, 0.3) is 22.7 Å². The van der Waals surface area contributed by atoms with E-state index in [0.29, 0.717) is 33.7 Å². The maximum atomic E-state index is 11.2. The first kappa shape index (κ1) is 16.6. The van der Waals surface area contributed by atoms with Crippen LogP contribution in [-0.4, -0.2) is 25.2 Å². The fourth-order valence-electron chi connectivity index (χ4n) is 2.57. The normalized spacial score (nSPS) is 11.5. The number of aromatic nitrogens is 1. The van der Waals surface area contributed by atoms with Crippen LogP contribution in [0.15, 0.2) is 46.9 Å². The molecule has 0 spiro atoms. The van der Waals surface area contributed by atoms with Gasteiger partial charge in [-0.3, -0.25) is 0 Å². The van der Waals surface area contributed by atoms with Gasteiger partial charge in [-0.05, 0) is 24.3 Å². The molecule has 0 N–H and O–H groups in total. The van der Waals surface area contributed by atoms with E-state index < -0.39 is 5.97 Å². The van der Waals surface area contributed by atoms with Crippen molar-refractivity contribution in [2.24, 2.45) is 0 Å². The van der Waals surface area contributed by atoms with E-state index in [9.17, 15) is 9.90 Å². The van der Waals surface area contributed by atoms with Gasteiger partial charge in [-0.25, -0.2) is 4.98 Å². The Bertz CT molecular complexity index is 909. The molecule has 0 unspecified atom stereocenters. The summed E-state index contributed by atoms with van der Waals surface area (Å²) in [7, 11) is 3.06. The second kappa shape index (κ2) is 7.09. The Morgan fingerprint density at radius 2 is 1.96 bits per heavy atom. The van der Waals surface area contributed by atoms with Crippen molar-refractivity contribution in [3.63, 3.8) is 0 Å². The molecule has 0 fully saturated rings. The monoisotopic (exact) mass is 338 g/mol. The number of oxazole rings is 1. The zero-order chi connectivity index (χ0) is 17.8. The van der Waals surface area contributed by atoms with Crippen LogP contribution >= 0.6 is 0 Å². The summed E-state index contributed by atoms with van der Waals surface area (Å²) in [5, 5.41) is 11.2. The van der Waals surface area contributed by atoms with Gasteiger partial charge in [0.15, 0.2) is 17.1 Å². The molecule has 0 aliphatic rings. The lowest BCUT2D eigenvalue weighted by molar-refractivity contribution is -0.304. The van der Waals surface area contributed by atoms with Crippen molar-refractivity contribution >= 4 is 28.7 Å². The van der Waals surface area contributed by atoms with E-state index in [1.165, 1.54) is 14.2 Å². The largest absolute Gasteiger partial charge is 0.550 e. The van der Waals surface area contributed by atoms with Gasteiger partial charge < -0.3 is 23.8 Å². The van der Waals surface area contributed by atoms with E-state index in [2.05, 4.69) is 4.98 Å². The average Bonchev–Trinajstić information content (AvgIpc) is 3.04. The lowest BCUT2D eigenvalue weighted by atomic mass is 10.1. The number of carboxylic acid groups (broad SMARTS) is 1. The smallest absolute Gasteiger partial charge is 0.223 e. The van der Waals surface area contributed by atoms with Gasteiger partial charge in [0, 0.05) is 23.5 Å². The topological polar surface area (TPSA) is 84.6 Å². The minimum Gasteiger partial charge on any atom is -0.550 e. The van der Waals surface area contributed by atoms with Crippen molar-refractivity contribution in [1.82, 2.24) is 4.98 Å². The number of carbonyl (C=O) groups excluding carboxylic acids is 1. The van der Waals surface area contributed by atoms with Crippen LogP contribution in [0.3, 0.4) is 0 Å². The van der Waals surface area contributed by atoms with Crippen molar-refractivity contribution in [2.45, 2.75) is 6.42 Å². The molecule has 3 aromatic rings. The molecule has 0 atom stereocenters. The van der Waals surface area contributed by atoms with Crippen LogP contribution < -0.4 is 14.6 Å². The number of methoxy groups -OCH3 is 2. The van der Waals surface area contributed by atoms with Crippen LogP contribution in [0.5, 0.6) is 11.5 Å². The molecule has 0 aliphatic carbocycles. The van der Waals surface area contributed by atoms with Crippen molar-refractivity contribution in [2.75, 3.05) is 14.2 Å². The van der Waals surface area contributed by atoms with Gasteiger partial charge in [-0.1, -0.05) is 24.3 Å². The fraction of sp³-hybridized carbons (Fsp3) is 0.158. The molecule has 6 heteroatoms. The SMILES string of the molecule is COc1cccc(/C=C(\CC(=O)[O-])c2nc3ccccc3o2)c1OC. The van der Waals surface area contributed by atoms with Crippen LogP contribution in [0, 0.1) is 0 Å². The number of carbonyl (C=O) groups is 1. The Labute approximate surface area is 144 Å². The minimum atomic E-state index is -1.23. The summed E-state index contributed by atoms with van der Waals surface area (Å²) >= 11 is 0. The number of nitrogens with zero attached hydrogens (tertiary/aromatic N) is 1. The van der Waals surface area contributed by atoms with Gasteiger partial charge in [-0.2, -0.15) is 0 Å². The van der Waals surface area contributed by atoms with Gasteiger partial charge in [-0.15, -0.1) is 0 Å². The standard InChI is InChI=1S/C19H17NO5/c1-23-16-9-5-6-12(18(16)24-2)10-13(11-17(21)22)19-20-14-7-3-4-8-15(14)25-19/h3-10H,11H2,1-2H3,(H,21,22)/p-1/b13-10+. The van der Waals surface area contributed by atoms with Crippen molar-refractivity contribution in [3.05, 3.63) is 53.9 Å². The maximum absolute atomic E-state index is 11.2. The van der Waals surface area contributed by atoms with E-state index >= 15 is 0 Å². The van der Waals surface area contributed by atoms with Crippen molar-refractivity contribution in [1.29, 1.82) is 0 Å². The van der Waals surface area contributed by atoms with Crippen LogP contribution in [0.1, 0.15) is 17.9 Å². The second-order valence-corrected chi connectivity index (χ2v) is 5.29. The molecule has 2 aromatic carbocycles. The number of hydrogen-bond donors (Lipinski definition) is 0. The number of aliphatic carboxylic acids is 1. The third-order valence-electron chi connectivity index (χ3n) is 3.67. The number of para-hydroxylation sites is 3. The number of rotatable bonds is 6. The molecule has 1 heterocycles. The molecule has 3 rings (SSSR count). The minimum absolute atomic E-state index is 0.232. The number of benzene rings is 2. The molecular formula is C19H16NO5-. The third kappa shape index (κ3) is 3.47. The number of hydrogen-bond acceptors (Lipinski definition) is 6. The highest BCUT2D eigenvalue weighted by Crippen LogP contribution is 2.34. The molecule has 1 aromatic heterocycles. The summed E-state index contributed by atoms with van der Waals surface area (Å²) in [6.07, 6.45) is 1.31. The summed E-state index contributed by atoms with van der Waals surface area (Å²) in [5.74, 6) is 0.0456. The van der Waals surface area contributed by atoms with Gasteiger partial charge in [0.1, 0.15) is 5.52 Å². The quantitative estimate of drug-likeness (QED) is 0.687. The number of carboxylic acids is 1. The predicted molar refractivity (Wildman–Crippen MR) is 91.1 cm³/mol. The van der Waals surface area contributed by atoms with Gasteiger partial charge in [0.2, 0.25) is 5.89 Å². The number of ether oxygens (including phenoxy) is 2. The predicted octanol–water partition coefficient (Wildman–Crippen LogP) is 2.53. The molecule has 0 aliphatic heterocycles. The zero-order valence-electron chi connectivity index (χ0n) is 13.8. The first-order valence-corrected chi connectivity index (χ1v) is 7.59. The van der Waals surface area contributed by atoms with E-state index in [-0.39, 0.29) is 12.3 Å². The van der Waals surface area contributed by atoms with Crippen LogP contribution in [-0.2, 0) is 4.79 Å². The Balaban J connectivity index is 2.13. The van der Waals surface area contributed by atoms with Crippen molar-refractivity contribution in [3.8, 4) is 11.5 Å². The Kier molecular flexibility index (Phi) is 4.70. The second-order valence-electron chi connectivity index (χ2n) is 5.29. The van der Waals surface area contributed by atoms with E-state index in [0.717, 1.165) is 0 Å². The summed E-state index contributed by atoms with van der Waals surface area (Å²) in [6, 6.07) is 12.6. The molecule has 128 valence electrons. The highest BCUT2D eigenvalue weighted by atomic mass is 16.5. The lowest BCUT2D eigenvalue weighted by Gasteiger charge is -2.11. The molecule has 0 amide bonds. The lowest BCUT2D eigenvalue weighted by Crippen LogP contribution is -2.22. The van der Waals surface area contributed by atoms with Gasteiger partial charge in [0.05, 0.1) is 14.2 Å². The molecule has 0 saturated carbocycles. The molecule has 0 radical (unpaired) electrons. The fourth-order valence-corrected chi connectivity index (χ4v) is 2.57. The molecule has 25 heavy (non-hydrogen) atoms. The maximum Gasteiger partial charge on any atom is 0.223 e. The summed E-state index contributed by atoms with van der Waals surface area (Å²) in [6.45, 7) is 0. The Hall–Kier alpha value is -3.28. The van der Waals surface area contributed by atoms with Crippen LogP contribution in [0.4, 0.5) is 0 Å². The average molecular weight is 338 g/mol. The zero-order valence-corrected chi connectivity index (χ0v) is 13.8. The van der Waals surface area contributed by atoms with Crippen molar-refractivity contribution < 1.29 is 23.8 Å². The first-order valence-electron chi connectivity index (χ1n) is 7.59. The highest BCUT2D eigenvalue weighted by molar-refractivity contribution is 5.91. The first-order chi connectivity index (χ1) is 12.1. The van der Waals surface area contributed by atoms with E-state index in [1.54, 1.807) is 36.4 Å². The summed E-state index contributed by atoms with van der Waals surface area (Å²) < 4.78 is 16.3. The summed E-state index contributed by atoms with van der Waals surface area (Å²) in [4.78, 5) is 15.6. The van der Waals surface area contributed by atoms with E-state index in [1.807, 2.05) is 12.1 Å². The highest BCUT2D eigenvalue weighted by Gasteiger charge is 2.14. The summed E-state index contributed by atoms with van der Waals surface area (Å²) in [5.41, 5.74) is 2.27. The third-order valence-corrected chi connectivity index (χ3v) is 3.67.